The molecule has 0 unspecified atom stereocenters. The van der Waals surface area contributed by atoms with E-state index in [1.807, 2.05) is 0 Å². The molecule has 0 radical (unpaired) electrons. The van der Waals surface area contributed by atoms with Crippen LogP contribution in [0.2, 0.25) is 0 Å². The van der Waals surface area contributed by atoms with Crippen molar-refractivity contribution >= 4 is 11.9 Å². The Labute approximate surface area is 79.6 Å². The molecule has 0 spiro atoms. The van der Waals surface area contributed by atoms with E-state index in [1.165, 1.54) is 7.05 Å². The Morgan fingerprint density at radius 2 is 1.79 bits per heavy atom. The SMILES string of the molecule is CN(/N=C/C(F)(F)F)c1ccccc1. The van der Waals surface area contributed by atoms with Crippen molar-refractivity contribution in [2.45, 2.75) is 6.18 Å². The summed E-state index contributed by atoms with van der Waals surface area (Å²) >= 11 is 0. The number of hydrogen-bond donors (Lipinski definition) is 0. The lowest BCUT2D eigenvalue weighted by atomic mass is 10.3. The maximum Gasteiger partial charge on any atom is 0.428 e. The summed E-state index contributed by atoms with van der Waals surface area (Å²) in [4.78, 5) is 0. The molecule has 0 atom stereocenters. The molecule has 0 fully saturated rings. The van der Waals surface area contributed by atoms with Crippen molar-refractivity contribution in [3.05, 3.63) is 30.3 Å². The first kappa shape index (κ1) is 10.6. The fourth-order valence-corrected chi connectivity index (χ4v) is 0.862. The number of anilines is 1. The average Bonchev–Trinajstić information content (AvgIpc) is 2.14. The van der Waals surface area contributed by atoms with E-state index in [9.17, 15) is 13.2 Å². The first-order valence-electron chi connectivity index (χ1n) is 3.90. The first-order chi connectivity index (χ1) is 6.49. The van der Waals surface area contributed by atoms with Gasteiger partial charge in [0.05, 0.1) is 5.69 Å². The third kappa shape index (κ3) is 3.47. The molecule has 5 heteroatoms. The van der Waals surface area contributed by atoms with Gasteiger partial charge in [-0.1, -0.05) is 18.2 Å². The van der Waals surface area contributed by atoms with Crippen molar-refractivity contribution in [3.8, 4) is 0 Å². The lowest BCUT2D eigenvalue weighted by Gasteiger charge is -2.12. The molecule has 0 bridgehead atoms. The topological polar surface area (TPSA) is 15.6 Å². The molecular formula is C9H9F3N2. The zero-order valence-corrected chi connectivity index (χ0v) is 7.49. The average molecular weight is 202 g/mol. The second-order valence-corrected chi connectivity index (χ2v) is 2.65. The van der Waals surface area contributed by atoms with Crippen molar-refractivity contribution in [2.24, 2.45) is 5.10 Å². The van der Waals surface area contributed by atoms with E-state index in [1.54, 1.807) is 30.3 Å². The van der Waals surface area contributed by atoms with E-state index in [-0.39, 0.29) is 6.21 Å². The summed E-state index contributed by atoms with van der Waals surface area (Å²) in [5, 5.41) is 4.41. The van der Waals surface area contributed by atoms with Crippen LogP contribution in [0.5, 0.6) is 0 Å². The Morgan fingerprint density at radius 3 is 2.29 bits per heavy atom. The number of rotatable bonds is 2. The second-order valence-electron chi connectivity index (χ2n) is 2.65. The highest BCUT2D eigenvalue weighted by molar-refractivity contribution is 5.65. The first-order valence-corrected chi connectivity index (χ1v) is 3.90. The van der Waals surface area contributed by atoms with E-state index < -0.39 is 6.18 Å². The molecule has 0 saturated heterocycles. The summed E-state index contributed by atoms with van der Waals surface area (Å²) in [6.07, 6.45) is -4.41. The van der Waals surface area contributed by atoms with Gasteiger partial charge >= 0.3 is 6.18 Å². The molecule has 0 aliphatic heterocycles. The summed E-state index contributed by atoms with van der Waals surface area (Å²) in [5.41, 5.74) is 0.605. The summed E-state index contributed by atoms with van der Waals surface area (Å²) < 4.78 is 35.3. The smallest absolute Gasteiger partial charge is 0.269 e. The highest BCUT2D eigenvalue weighted by atomic mass is 19.4. The molecule has 14 heavy (non-hydrogen) atoms. The van der Waals surface area contributed by atoms with Gasteiger partial charge in [-0.05, 0) is 12.1 Å². The molecule has 0 aromatic heterocycles. The Morgan fingerprint density at radius 1 is 1.21 bits per heavy atom. The molecule has 0 aliphatic carbocycles. The number of hydrogen-bond acceptors (Lipinski definition) is 2. The minimum atomic E-state index is -4.37. The lowest BCUT2D eigenvalue weighted by Crippen LogP contribution is -2.15. The third-order valence-electron chi connectivity index (χ3n) is 1.51. The molecule has 1 aromatic rings. The van der Waals surface area contributed by atoms with Crippen molar-refractivity contribution in [1.82, 2.24) is 0 Å². The van der Waals surface area contributed by atoms with Crippen LogP contribution in [-0.4, -0.2) is 19.4 Å². The number of hydrazone groups is 1. The molecule has 0 amide bonds. The van der Waals surface area contributed by atoms with E-state index >= 15 is 0 Å². The highest BCUT2D eigenvalue weighted by Crippen LogP contribution is 2.14. The minimum absolute atomic E-state index is 0.0417. The van der Waals surface area contributed by atoms with Gasteiger partial charge in [0.2, 0.25) is 0 Å². The quantitative estimate of drug-likeness (QED) is 0.531. The van der Waals surface area contributed by atoms with Gasteiger partial charge in [-0.25, -0.2) is 0 Å². The van der Waals surface area contributed by atoms with E-state index in [0.717, 1.165) is 5.01 Å². The molecule has 0 N–H and O–H groups in total. The number of nitrogens with zero attached hydrogens (tertiary/aromatic N) is 2. The van der Waals surface area contributed by atoms with Crippen molar-refractivity contribution < 1.29 is 13.2 Å². The van der Waals surface area contributed by atoms with Gasteiger partial charge in [0.25, 0.3) is 0 Å². The van der Waals surface area contributed by atoms with Crippen LogP contribution in [0.15, 0.2) is 35.4 Å². The van der Waals surface area contributed by atoms with Crippen LogP contribution in [0.1, 0.15) is 0 Å². The molecule has 0 saturated carbocycles. The molecular weight excluding hydrogens is 193 g/mol. The Balaban J connectivity index is 2.69. The lowest BCUT2D eigenvalue weighted by molar-refractivity contribution is -0.0537. The fourth-order valence-electron chi connectivity index (χ4n) is 0.862. The van der Waals surface area contributed by atoms with Gasteiger partial charge < -0.3 is 0 Å². The van der Waals surface area contributed by atoms with Crippen molar-refractivity contribution in [3.63, 3.8) is 0 Å². The van der Waals surface area contributed by atoms with Crippen molar-refractivity contribution in [2.75, 3.05) is 12.1 Å². The molecule has 1 aromatic carbocycles. The predicted octanol–water partition coefficient (Wildman–Crippen LogP) is 2.67. The summed E-state index contributed by atoms with van der Waals surface area (Å²) in [6, 6.07) is 8.59. The standard InChI is InChI=1S/C9H9F3N2/c1-14(13-7-9(10,11)12)8-5-3-2-4-6-8/h2-7H,1H3/b13-7+. The van der Waals surface area contributed by atoms with E-state index in [2.05, 4.69) is 5.10 Å². The highest BCUT2D eigenvalue weighted by Gasteiger charge is 2.24. The second kappa shape index (κ2) is 4.13. The number of benzene rings is 1. The van der Waals surface area contributed by atoms with Crippen LogP contribution in [-0.2, 0) is 0 Å². The van der Waals surface area contributed by atoms with Crippen LogP contribution in [0.25, 0.3) is 0 Å². The zero-order valence-electron chi connectivity index (χ0n) is 7.49. The van der Waals surface area contributed by atoms with Gasteiger partial charge in [0.15, 0.2) is 0 Å². The molecule has 1 rings (SSSR count). The number of halogens is 3. The van der Waals surface area contributed by atoms with E-state index in [0.29, 0.717) is 5.69 Å². The maximum absolute atomic E-state index is 11.8. The Kier molecular flexibility index (Phi) is 3.11. The van der Waals surface area contributed by atoms with Gasteiger partial charge in [0.1, 0.15) is 6.21 Å². The van der Waals surface area contributed by atoms with Gasteiger partial charge in [-0.3, -0.25) is 5.01 Å². The van der Waals surface area contributed by atoms with Gasteiger partial charge in [-0.2, -0.15) is 18.3 Å². The molecule has 0 heterocycles. The fraction of sp³-hybridized carbons (Fsp3) is 0.222. The van der Waals surface area contributed by atoms with Crippen LogP contribution >= 0.6 is 0 Å². The number of para-hydroxylation sites is 1. The predicted molar refractivity (Wildman–Crippen MR) is 49.4 cm³/mol. The van der Waals surface area contributed by atoms with E-state index in [4.69, 9.17) is 0 Å². The maximum atomic E-state index is 11.8. The minimum Gasteiger partial charge on any atom is -0.269 e. The molecule has 2 nitrogen and oxygen atoms in total. The Hall–Kier alpha value is -1.52. The monoisotopic (exact) mass is 202 g/mol. The van der Waals surface area contributed by atoms with Crippen LogP contribution in [0.4, 0.5) is 18.9 Å². The normalized spacial score (nSPS) is 12.0. The summed E-state index contributed by atoms with van der Waals surface area (Å²) in [7, 11) is 1.46. The molecule has 0 aliphatic rings. The zero-order chi connectivity index (χ0) is 10.6. The van der Waals surface area contributed by atoms with Crippen LogP contribution in [0, 0.1) is 0 Å². The Bertz CT molecular complexity index is 306. The van der Waals surface area contributed by atoms with Gasteiger partial charge in [-0.15, -0.1) is 0 Å². The summed E-state index contributed by atoms with van der Waals surface area (Å²) in [6.45, 7) is 0. The third-order valence-corrected chi connectivity index (χ3v) is 1.51. The largest absolute Gasteiger partial charge is 0.428 e. The van der Waals surface area contributed by atoms with Gasteiger partial charge in [0, 0.05) is 7.05 Å². The molecule has 76 valence electrons. The van der Waals surface area contributed by atoms with Crippen LogP contribution < -0.4 is 5.01 Å². The van der Waals surface area contributed by atoms with Crippen molar-refractivity contribution in [1.29, 1.82) is 0 Å². The summed E-state index contributed by atoms with van der Waals surface area (Å²) in [5.74, 6) is 0. The number of alkyl halides is 3. The van der Waals surface area contributed by atoms with Crippen LogP contribution in [0.3, 0.4) is 0 Å².